The molecular formula is C25H32N2O2. The lowest BCUT2D eigenvalue weighted by Crippen LogP contribution is -2.40. The molecule has 2 aliphatic heterocycles. The van der Waals surface area contributed by atoms with Crippen molar-refractivity contribution in [1.82, 2.24) is 10.2 Å². The summed E-state index contributed by atoms with van der Waals surface area (Å²) in [5.74, 6) is -0.202. The van der Waals surface area contributed by atoms with Crippen molar-refractivity contribution < 1.29 is 9.90 Å². The van der Waals surface area contributed by atoms with Crippen LogP contribution in [0.2, 0.25) is 0 Å². The summed E-state index contributed by atoms with van der Waals surface area (Å²) in [7, 11) is 0. The molecule has 1 saturated heterocycles. The van der Waals surface area contributed by atoms with E-state index >= 15 is 0 Å². The highest BCUT2D eigenvalue weighted by Crippen LogP contribution is 2.36. The molecule has 0 bridgehead atoms. The number of hydrogen-bond donors (Lipinski definition) is 2. The van der Waals surface area contributed by atoms with E-state index in [1.54, 1.807) is 0 Å². The van der Waals surface area contributed by atoms with Crippen LogP contribution in [-0.2, 0) is 23.2 Å². The van der Waals surface area contributed by atoms with Crippen molar-refractivity contribution in [3.63, 3.8) is 0 Å². The second kappa shape index (κ2) is 7.92. The zero-order chi connectivity index (χ0) is 20.6. The van der Waals surface area contributed by atoms with E-state index in [1.165, 1.54) is 28.7 Å². The monoisotopic (exact) mass is 392 g/mol. The van der Waals surface area contributed by atoms with Crippen molar-refractivity contribution in [3.8, 4) is 0 Å². The Bertz CT molecular complexity index is 880. The molecule has 2 N–H and O–H groups in total. The first-order valence-electron chi connectivity index (χ1n) is 10.8. The molecule has 2 aliphatic rings. The van der Waals surface area contributed by atoms with Crippen molar-refractivity contribution in [2.45, 2.75) is 64.1 Å². The van der Waals surface area contributed by atoms with Gasteiger partial charge in [-0.1, -0.05) is 63.2 Å². The lowest BCUT2D eigenvalue weighted by molar-refractivity contribution is -0.141. The zero-order valence-electron chi connectivity index (χ0n) is 17.7. The summed E-state index contributed by atoms with van der Waals surface area (Å²) in [6, 6.07) is 14.3. The lowest BCUT2D eigenvalue weighted by Gasteiger charge is -2.34. The Hall–Kier alpha value is -2.17. The third-order valence-electron chi connectivity index (χ3n) is 6.34. The number of rotatable bonds is 3. The Morgan fingerprint density at radius 3 is 2.62 bits per heavy atom. The molecule has 1 fully saturated rings. The van der Waals surface area contributed by atoms with Crippen molar-refractivity contribution in [1.29, 1.82) is 0 Å². The van der Waals surface area contributed by atoms with E-state index in [4.69, 9.17) is 0 Å². The molecule has 0 saturated carbocycles. The van der Waals surface area contributed by atoms with Crippen molar-refractivity contribution in [2.24, 2.45) is 0 Å². The summed E-state index contributed by atoms with van der Waals surface area (Å²) in [4.78, 5) is 14.9. The summed E-state index contributed by atoms with van der Waals surface area (Å²) < 4.78 is 0. The Morgan fingerprint density at radius 1 is 1.21 bits per heavy atom. The summed E-state index contributed by atoms with van der Waals surface area (Å²) in [6.45, 7) is 9.06. The van der Waals surface area contributed by atoms with Crippen LogP contribution in [0.1, 0.15) is 73.6 Å². The number of carbonyl (C=O) groups is 1. The third-order valence-corrected chi connectivity index (χ3v) is 6.34. The number of aliphatic hydroxyl groups excluding tert-OH is 1. The van der Waals surface area contributed by atoms with E-state index in [1.807, 2.05) is 35.2 Å². The smallest absolute Gasteiger partial charge is 0.256 e. The van der Waals surface area contributed by atoms with Crippen LogP contribution in [0.4, 0.5) is 0 Å². The van der Waals surface area contributed by atoms with Gasteiger partial charge in [-0.05, 0) is 59.0 Å². The highest BCUT2D eigenvalue weighted by molar-refractivity contribution is 5.82. The van der Waals surface area contributed by atoms with Gasteiger partial charge in [0, 0.05) is 19.1 Å². The Morgan fingerprint density at radius 2 is 1.97 bits per heavy atom. The number of hydrogen-bond acceptors (Lipinski definition) is 3. The first kappa shape index (κ1) is 20.1. The average Bonchev–Trinajstić information content (AvgIpc) is 3.26. The minimum Gasteiger partial charge on any atom is -0.378 e. The van der Waals surface area contributed by atoms with Crippen LogP contribution in [0, 0.1) is 0 Å². The number of fused-ring (bicyclic) bond motifs is 1. The van der Waals surface area contributed by atoms with Crippen LogP contribution in [0.5, 0.6) is 0 Å². The van der Waals surface area contributed by atoms with E-state index in [0.717, 1.165) is 19.4 Å². The first-order valence-corrected chi connectivity index (χ1v) is 10.8. The molecule has 2 aromatic carbocycles. The van der Waals surface area contributed by atoms with Gasteiger partial charge < -0.3 is 15.3 Å². The van der Waals surface area contributed by atoms with Gasteiger partial charge in [0.25, 0.3) is 5.91 Å². The summed E-state index contributed by atoms with van der Waals surface area (Å²) in [5, 5.41) is 14.3. The molecular weight excluding hydrogens is 360 g/mol. The number of aliphatic hydroxyl groups is 1. The highest BCUT2D eigenvalue weighted by Gasteiger charge is 2.31. The maximum atomic E-state index is 13.0. The average molecular weight is 393 g/mol. The molecule has 0 radical (unpaired) electrons. The van der Waals surface area contributed by atoms with Gasteiger partial charge in [-0.15, -0.1) is 0 Å². The third kappa shape index (κ3) is 4.10. The molecule has 2 heterocycles. The maximum absolute atomic E-state index is 13.0. The van der Waals surface area contributed by atoms with E-state index in [9.17, 15) is 9.90 Å². The predicted molar refractivity (Wildman–Crippen MR) is 116 cm³/mol. The number of nitrogens with one attached hydrogen (secondary N) is 1. The topological polar surface area (TPSA) is 52.6 Å². The van der Waals surface area contributed by atoms with Crippen molar-refractivity contribution in [3.05, 3.63) is 70.3 Å². The van der Waals surface area contributed by atoms with Crippen LogP contribution in [0.15, 0.2) is 42.5 Å². The molecule has 0 spiro atoms. The summed E-state index contributed by atoms with van der Waals surface area (Å²) in [6.07, 6.45) is 2.07. The standard InChI is InChI=1S/C25H32N2O2/c1-25(2,3)19-14-18-11-13-27(24(29)23(28)17-8-5-4-6-9-17)16-21(18)20(15-19)22-10-7-12-26-22/h4-6,8-9,14-15,22-23,26,28H,7,10-13,16H2,1-3H3/t22-,23-/m0/s1. The number of benzene rings is 2. The highest BCUT2D eigenvalue weighted by atomic mass is 16.3. The second-order valence-corrected chi connectivity index (χ2v) is 9.43. The minimum absolute atomic E-state index is 0.0961. The van der Waals surface area contributed by atoms with Crippen LogP contribution in [0.3, 0.4) is 0 Å². The van der Waals surface area contributed by atoms with Crippen LogP contribution in [-0.4, -0.2) is 29.0 Å². The van der Waals surface area contributed by atoms with Gasteiger partial charge in [-0.2, -0.15) is 0 Å². The van der Waals surface area contributed by atoms with Crippen molar-refractivity contribution in [2.75, 3.05) is 13.1 Å². The molecule has 4 rings (SSSR count). The van der Waals surface area contributed by atoms with Gasteiger partial charge in [0.15, 0.2) is 6.10 Å². The van der Waals surface area contributed by atoms with E-state index in [0.29, 0.717) is 24.7 Å². The molecule has 1 amide bonds. The van der Waals surface area contributed by atoms with Crippen LogP contribution in [0.25, 0.3) is 0 Å². The number of nitrogens with zero attached hydrogens (tertiary/aromatic N) is 1. The van der Waals surface area contributed by atoms with Gasteiger partial charge >= 0.3 is 0 Å². The first-order chi connectivity index (χ1) is 13.8. The Balaban J connectivity index is 1.65. The second-order valence-electron chi connectivity index (χ2n) is 9.43. The van der Waals surface area contributed by atoms with Gasteiger partial charge in [0.1, 0.15) is 0 Å². The van der Waals surface area contributed by atoms with Gasteiger partial charge in [-0.25, -0.2) is 0 Å². The minimum atomic E-state index is -1.10. The van der Waals surface area contributed by atoms with Gasteiger partial charge in [0.05, 0.1) is 0 Å². The van der Waals surface area contributed by atoms with Gasteiger partial charge in [-0.3, -0.25) is 4.79 Å². The fourth-order valence-corrected chi connectivity index (χ4v) is 4.53. The molecule has 154 valence electrons. The predicted octanol–water partition coefficient (Wildman–Crippen LogP) is 4.03. The molecule has 29 heavy (non-hydrogen) atoms. The molecule has 0 unspecified atom stereocenters. The quantitative estimate of drug-likeness (QED) is 0.829. The normalized spacial score (nSPS) is 20.4. The van der Waals surface area contributed by atoms with Gasteiger partial charge in [0.2, 0.25) is 0 Å². The zero-order valence-corrected chi connectivity index (χ0v) is 17.7. The molecule has 2 atom stereocenters. The van der Waals surface area contributed by atoms with Crippen molar-refractivity contribution >= 4 is 5.91 Å². The van der Waals surface area contributed by atoms with Crippen LogP contribution >= 0.6 is 0 Å². The molecule has 4 nitrogen and oxygen atoms in total. The Kier molecular flexibility index (Phi) is 5.50. The SMILES string of the molecule is CC(C)(C)c1cc2c(c([C@@H]3CCCN3)c1)CN(C(=O)[C@@H](O)c1ccccc1)CC2. The number of carbonyl (C=O) groups excluding carboxylic acids is 1. The Labute approximate surface area is 173 Å². The van der Waals surface area contributed by atoms with E-state index < -0.39 is 6.10 Å². The molecule has 0 aromatic heterocycles. The fourth-order valence-electron chi connectivity index (χ4n) is 4.53. The summed E-state index contributed by atoms with van der Waals surface area (Å²) >= 11 is 0. The van der Waals surface area contributed by atoms with E-state index in [-0.39, 0.29) is 11.3 Å². The summed E-state index contributed by atoms with van der Waals surface area (Å²) in [5.41, 5.74) is 6.10. The fraction of sp³-hybridized carbons (Fsp3) is 0.480. The molecule has 0 aliphatic carbocycles. The lowest BCUT2D eigenvalue weighted by atomic mass is 9.80. The largest absolute Gasteiger partial charge is 0.378 e. The molecule has 2 aromatic rings. The van der Waals surface area contributed by atoms with Crippen LogP contribution < -0.4 is 5.32 Å². The van der Waals surface area contributed by atoms with E-state index in [2.05, 4.69) is 38.2 Å². The maximum Gasteiger partial charge on any atom is 0.256 e. The molecule has 4 heteroatoms. The number of amides is 1.